The monoisotopic (exact) mass is 325 g/mol. The number of ether oxygens (including phenoxy) is 1. The summed E-state index contributed by atoms with van der Waals surface area (Å²) in [4.78, 5) is 25.7. The second-order valence-corrected chi connectivity index (χ2v) is 6.19. The van der Waals surface area contributed by atoms with Crippen molar-refractivity contribution in [3.63, 3.8) is 0 Å². The maximum atomic E-state index is 12.2. The Balaban J connectivity index is 2.09. The van der Waals surface area contributed by atoms with E-state index in [2.05, 4.69) is 19.9 Å². The first kappa shape index (κ1) is 17.7. The van der Waals surface area contributed by atoms with E-state index in [4.69, 9.17) is 4.74 Å². The third-order valence-electron chi connectivity index (χ3n) is 4.13. The fourth-order valence-electron chi connectivity index (χ4n) is 2.89. The number of nitrogens with zero attached hydrogens (tertiary/aromatic N) is 1. The lowest BCUT2D eigenvalue weighted by Gasteiger charge is -2.23. The van der Waals surface area contributed by atoms with Crippen molar-refractivity contribution in [2.75, 3.05) is 18.6 Å². The number of allylic oxidation sites excluding steroid dienone is 4. The van der Waals surface area contributed by atoms with Crippen molar-refractivity contribution in [2.45, 2.75) is 26.2 Å². The summed E-state index contributed by atoms with van der Waals surface area (Å²) in [7, 11) is 1.94. The highest BCUT2D eigenvalue weighted by Crippen LogP contribution is 2.46. The minimum Gasteiger partial charge on any atom is -0.454 e. The molecule has 0 saturated carbocycles. The number of para-hydroxylation sites is 1. The molecule has 1 aliphatic heterocycles. The van der Waals surface area contributed by atoms with E-state index >= 15 is 0 Å². The number of ketones is 1. The molecule has 4 nitrogen and oxygen atoms in total. The molecule has 0 spiro atoms. The Morgan fingerprint density at radius 3 is 2.58 bits per heavy atom. The smallest absolute Gasteiger partial charge is 0.331 e. The van der Waals surface area contributed by atoms with Gasteiger partial charge in [-0.2, -0.15) is 0 Å². The lowest BCUT2D eigenvalue weighted by atomic mass is 9.83. The SMILES string of the molecule is C/C=C/C=C/C(=O)OCC(=O)/C=C1/N(C)c2ccccc2C1(C)C. The number of esters is 1. The summed E-state index contributed by atoms with van der Waals surface area (Å²) in [5.41, 5.74) is 2.90. The molecular formula is C20H23NO3. The number of hydrogen-bond donors (Lipinski definition) is 0. The number of anilines is 1. The molecule has 0 radical (unpaired) electrons. The predicted octanol–water partition coefficient (Wildman–Crippen LogP) is 3.54. The van der Waals surface area contributed by atoms with Gasteiger partial charge in [-0.05, 0) is 18.6 Å². The molecule has 24 heavy (non-hydrogen) atoms. The largest absolute Gasteiger partial charge is 0.454 e. The number of benzene rings is 1. The van der Waals surface area contributed by atoms with Crippen molar-refractivity contribution >= 4 is 17.4 Å². The zero-order chi connectivity index (χ0) is 17.7. The second kappa shape index (κ2) is 7.30. The molecule has 1 aliphatic rings. The van der Waals surface area contributed by atoms with Crippen LogP contribution in [0, 0.1) is 0 Å². The van der Waals surface area contributed by atoms with Gasteiger partial charge < -0.3 is 9.64 Å². The zero-order valence-electron chi connectivity index (χ0n) is 14.6. The Hall–Kier alpha value is -2.62. The average Bonchev–Trinajstić information content (AvgIpc) is 2.75. The predicted molar refractivity (Wildman–Crippen MR) is 95.9 cm³/mol. The van der Waals surface area contributed by atoms with Gasteiger partial charge >= 0.3 is 5.97 Å². The van der Waals surface area contributed by atoms with Crippen LogP contribution < -0.4 is 4.90 Å². The molecule has 0 aromatic heterocycles. The Morgan fingerprint density at radius 1 is 1.21 bits per heavy atom. The molecule has 0 atom stereocenters. The molecule has 0 saturated heterocycles. The minimum atomic E-state index is -0.526. The fourth-order valence-corrected chi connectivity index (χ4v) is 2.89. The first-order valence-corrected chi connectivity index (χ1v) is 7.92. The molecule has 0 unspecified atom stereocenters. The van der Waals surface area contributed by atoms with Crippen molar-refractivity contribution < 1.29 is 14.3 Å². The number of carbonyl (C=O) groups is 2. The Morgan fingerprint density at radius 2 is 1.92 bits per heavy atom. The molecule has 2 rings (SSSR count). The van der Waals surface area contributed by atoms with Crippen LogP contribution in [0.5, 0.6) is 0 Å². The van der Waals surface area contributed by atoms with Gasteiger partial charge in [0.05, 0.1) is 0 Å². The van der Waals surface area contributed by atoms with E-state index in [0.717, 1.165) is 11.4 Å². The molecule has 126 valence electrons. The van der Waals surface area contributed by atoms with E-state index in [-0.39, 0.29) is 17.8 Å². The van der Waals surface area contributed by atoms with E-state index in [0.29, 0.717) is 0 Å². The number of fused-ring (bicyclic) bond motifs is 1. The molecule has 1 aromatic rings. The van der Waals surface area contributed by atoms with Gasteiger partial charge in [-0.1, -0.05) is 50.3 Å². The maximum Gasteiger partial charge on any atom is 0.331 e. The van der Waals surface area contributed by atoms with Crippen LogP contribution >= 0.6 is 0 Å². The van der Waals surface area contributed by atoms with Gasteiger partial charge in [-0.15, -0.1) is 0 Å². The average molecular weight is 325 g/mol. The summed E-state index contributed by atoms with van der Waals surface area (Å²) in [5.74, 6) is -0.757. The van der Waals surface area contributed by atoms with E-state index in [1.165, 1.54) is 11.6 Å². The summed E-state index contributed by atoms with van der Waals surface area (Å²) < 4.78 is 4.97. The zero-order valence-corrected chi connectivity index (χ0v) is 14.6. The molecule has 0 aliphatic carbocycles. The Labute approximate surface area is 143 Å². The molecule has 1 aromatic carbocycles. The van der Waals surface area contributed by atoms with Crippen LogP contribution in [-0.2, 0) is 19.7 Å². The third-order valence-corrected chi connectivity index (χ3v) is 4.13. The fraction of sp³-hybridized carbons (Fsp3) is 0.300. The first-order chi connectivity index (χ1) is 11.4. The summed E-state index contributed by atoms with van der Waals surface area (Å²) in [6.07, 6.45) is 7.97. The van der Waals surface area contributed by atoms with Crippen molar-refractivity contribution in [1.82, 2.24) is 0 Å². The van der Waals surface area contributed by atoms with Crippen molar-refractivity contribution in [3.8, 4) is 0 Å². The van der Waals surface area contributed by atoms with Crippen LogP contribution in [0.2, 0.25) is 0 Å². The van der Waals surface area contributed by atoms with Gasteiger partial charge in [0.15, 0.2) is 12.4 Å². The van der Waals surface area contributed by atoms with Crippen LogP contribution in [0.4, 0.5) is 5.69 Å². The molecule has 1 heterocycles. The summed E-state index contributed by atoms with van der Waals surface area (Å²) in [6.45, 7) is 5.76. The number of hydrogen-bond acceptors (Lipinski definition) is 4. The topological polar surface area (TPSA) is 46.6 Å². The van der Waals surface area contributed by atoms with Crippen LogP contribution in [-0.4, -0.2) is 25.4 Å². The molecule has 0 N–H and O–H groups in total. The Kier molecular flexibility index (Phi) is 5.39. The van der Waals surface area contributed by atoms with Gasteiger partial charge in [0.25, 0.3) is 0 Å². The van der Waals surface area contributed by atoms with Gasteiger partial charge in [-0.25, -0.2) is 4.79 Å². The van der Waals surface area contributed by atoms with Crippen LogP contribution in [0.3, 0.4) is 0 Å². The standard InChI is InChI=1S/C20H23NO3/c1-5-6-7-12-19(23)24-14-15(22)13-18-20(2,3)16-10-8-9-11-17(16)21(18)4/h5-13H,14H2,1-4H3/b6-5+,12-7+,18-13+. The van der Waals surface area contributed by atoms with E-state index in [1.807, 2.05) is 37.1 Å². The molecule has 0 fully saturated rings. The highest BCUT2D eigenvalue weighted by molar-refractivity contribution is 5.95. The highest BCUT2D eigenvalue weighted by atomic mass is 16.5. The van der Waals surface area contributed by atoms with Gasteiger partial charge in [-0.3, -0.25) is 4.79 Å². The maximum absolute atomic E-state index is 12.2. The van der Waals surface area contributed by atoms with Gasteiger partial charge in [0, 0.05) is 36.0 Å². The quantitative estimate of drug-likeness (QED) is 0.472. The van der Waals surface area contributed by atoms with Gasteiger partial charge in [0.1, 0.15) is 0 Å². The van der Waals surface area contributed by atoms with Crippen molar-refractivity contribution in [3.05, 3.63) is 65.9 Å². The highest BCUT2D eigenvalue weighted by Gasteiger charge is 2.38. The number of rotatable bonds is 5. The van der Waals surface area contributed by atoms with Crippen molar-refractivity contribution in [1.29, 1.82) is 0 Å². The van der Waals surface area contributed by atoms with Crippen LogP contribution in [0.25, 0.3) is 0 Å². The lowest BCUT2D eigenvalue weighted by Crippen LogP contribution is -2.25. The van der Waals surface area contributed by atoms with Crippen LogP contribution in [0.15, 0.2) is 60.3 Å². The lowest BCUT2D eigenvalue weighted by molar-refractivity contribution is -0.141. The number of likely N-dealkylation sites (N-methyl/N-ethyl adjacent to an activating group) is 1. The minimum absolute atomic E-state index is 0.231. The molecular weight excluding hydrogens is 302 g/mol. The first-order valence-electron chi connectivity index (χ1n) is 7.92. The third kappa shape index (κ3) is 3.65. The van der Waals surface area contributed by atoms with Crippen molar-refractivity contribution in [2.24, 2.45) is 0 Å². The van der Waals surface area contributed by atoms with E-state index in [1.54, 1.807) is 24.3 Å². The molecule has 0 bridgehead atoms. The van der Waals surface area contributed by atoms with Crippen LogP contribution in [0.1, 0.15) is 26.3 Å². The van der Waals surface area contributed by atoms with E-state index in [9.17, 15) is 9.59 Å². The van der Waals surface area contributed by atoms with E-state index < -0.39 is 5.97 Å². The molecule has 0 amide bonds. The second-order valence-electron chi connectivity index (χ2n) is 6.19. The Bertz CT molecular complexity index is 726. The summed E-state index contributed by atoms with van der Waals surface area (Å²) in [6, 6.07) is 8.09. The summed E-state index contributed by atoms with van der Waals surface area (Å²) in [5, 5.41) is 0. The normalized spacial score (nSPS) is 17.7. The summed E-state index contributed by atoms with van der Waals surface area (Å²) >= 11 is 0. The molecule has 4 heteroatoms. The number of carbonyl (C=O) groups excluding carboxylic acids is 2. The van der Waals surface area contributed by atoms with Gasteiger partial charge in [0.2, 0.25) is 0 Å².